The second-order valence-electron chi connectivity index (χ2n) is 16.0. The molecule has 6 aromatic rings. The number of phenols is 2. The third-order valence-electron chi connectivity index (χ3n) is 12.4. The van der Waals surface area contributed by atoms with E-state index in [2.05, 4.69) is 42.5 Å². The summed E-state index contributed by atoms with van der Waals surface area (Å²) < 4.78 is 20.0. The first-order valence-electron chi connectivity index (χ1n) is 19.8. The van der Waals surface area contributed by atoms with Crippen molar-refractivity contribution in [2.75, 3.05) is 10.2 Å². The Morgan fingerprint density at radius 1 is 0.781 bits per heavy atom. The number of hydrogen-bond acceptors (Lipinski definition) is 12. The first kappa shape index (κ1) is 40.5. The van der Waals surface area contributed by atoms with Crippen LogP contribution < -0.4 is 20.3 Å². The van der Waals surface area contributed by atoms with Gasteiger partial charge in [0.25, 0.3) is 0 Å². The number of ketones is 2. The van der Waals surface area contributed by atoms with Gasteiger partial charge >= 0.3 is 5.97 Å². The molecule has 2 spiro atoms. The largest absolute Gasteiger partial charge is 0.508 e. The number of rotatable bonds is 5. The van der Waals surface area contributed by atoms with E-state index in [0.717, 1.165) is 19.8 Å². The van der Waals surface area contributed by atoms with E-state index in [9.17, 15) is 34.2 Å². The van der Waals surface area contributed by atoms with Gasteiger partial charge in [0, 0.05) is 60.4 Å². The van der Waals surface area contributed by atoms with Crippen molar-refractivity contribution in [2.24, 2.45) is 11.8 Å². The lowest BCUT2D eigenvalue weighted by atomic mass is 9.77. The zero-order chi connectivity index (χ0) is 44.6. The highest BCUT2D eigenvalue weighted by molar-refractivity contribution is 9.13. The summed E-state index contributed by atoms with van der Waals surface area (Å²) in [5.41, 5.74) is 0.504. The van der Waals surface area contributed by atoms with Crippen LogP contribution in [0.2, 0.25) is 0 Å². The van der Waals surface area contributed by atoms with E-state index in [0.29, 0.717) is 32.4 Å². The summed E-state index contributed by atoms with van der Waals surface area (Å²) in [6, 6.07) is 27.8. The molecule has 0 radical (unpaired) electrons. The van der Waals surface area contributed by atoms with Crippen molar-refractivity contribution in [3.63, 3.8) is 0 Å². The molecule has 1 aliphatic carbocycles. The number of benzene rings is 5. The topological polar surface area (TPSA) is 181 Å². The molecule has 5 aromatic carbocycles. The van der Waals surface area contributed by atoms with E-state index in [-0.39, 0.29) is 56.3 Å². The third kappa shape index (κ3) is 5.73. The minimum Gasteiger partial charge on any atom is -0.508 e. The number of esters is 1. The number of amides is 2. The minimum atomic E-state index is -2.17. The Balaban J connectivity index is 0.821. The number of anilines is 2. The first-order chi connectivity index (χ1) is 30.7. The summed E-state index contributed by atoms with van der Waals surface area (Å²) in [5, 5.41) is 26.9. The molecule has 0 saturated carbocycles. The van der Waals surface area contributed by atoms with Gasteiger partial charge in [0.1, 0.15) is 23.0 Å². The lowest BCUT2D eigenvalue weighted by Gasteiger charge is -2.36. The van der Waals surface area contributed by atoms with Gasteiger partial charge in [-0.15, -0.1) is 11.3 Å². The molecule has 2 amide bonds. The molecule has 0 bridgehead atoms. The molecule has 5 aliphatic rings. The van der Waals surface area contributed by atoms with Crippen molar-refractivity contribution in [1.82, 2.24) is 5.32 Å². The van der Waals surface area contributed by atoms with Gasteiger partial charge in [0.2, 0.25) is 29.0 Å². The van der Waals surface area contributed by atoms with Crippen molar-refractivity contribution < 1.29 is 48.4 Å². The Morgan fingerprint density at radius 2 is 1.47 bits per heavy atom. The molecule has 318 valence electrons. The number of hydrogen-bond donors (Lipinski definition) is 4. The predicted molar refractivity (Wildman–Crippen MR) is 243 cm³/mol. The molecule has 5 heterocycles. The summed E-state index contributed by atoms with van der Waals surface area (Å²) in [6.45, 7) is 2.04. The number of fused-ring (bicyclic) bond motifs is 9. The number of imide groups is 1. The quantitative estimate of drug-likeness (QED) is 0.0558. The number of carbonyl (C=O) groups excluding carboxylic acids is 5. The van der Waals surface area contributed by atoms with Crippen molar-refractivity contribution in [1.29, 1.82) is 0 Å². The van der Waals surface area contributed by atoms with E-state index in [1.54, 1.807) is 85.8 Å². The highest BCUT2D eigenvalue weighted by atomic mass is 79.9. The van der Waals surface area contributed by atoms with Crippen LogP contribution in [-0.2, 0) is 31.2 Å². The van der Waals surface area contributed by atoms with E-state index >= 15 is 0 Å². The summed E-state index contributed by atoms with van der Waals surface area (Å²) in [5.74, 6) is -5.14. The second kappa shape index (κ2) is 14.4. The fourth-order valence-corrected chi connectivity index (χ4v) is 11.4. The maximum atomic E-state index is 14.5. The molecule has 4 aliphatic heterocycles. The Bertz CT molecular complexity index is 3070. The lowest BCUT2D eigenvalue weighted by molar-refractivity contribution is -0.127. The zero-order valence-corrected chi connectivity index (χ0v) is 37.7. The monoisotopic (exact) mass is 1020 g/mol. The second-order valence-corrected chi connectivity index (χ2v) is 19.4. The number of ether oxygens (including phenoxy) is 3. The van der Waals surface area contributed by atoms with Crippen LogP contribution in [0.15, 0.2) is 112 Å². The molecule has 4 N–H and O–H groups in total. The zero-order valence-electron chi connectivity index (χ0n) is 32.9. The van der Waals surface area contributed by atoms with E-state index in [1.165, 1.54) is 35.6 Å². The van der Waals surface area contributed by atoms with Crippen LogP contribution in [0.3, 0.4) is 0 Å². The Hall–Kier alpha value is -6.24. The Kier molecular flexibility index (Phi) is 9.11. The average Bonchev–Trinajstić information content (AvgIpc) is 4.02. The predicted octanol–water partition coefficient (Wildman–Crippen LogP) is 8.74. The molecule has 17 heteroatoms. The maximum Gasteiger partial charge on any atom is 0.340 e. The first-order valence-corrected chi connectivity index (χ1v) is 22.6. The van der Waals surface area contributed by atoms with Crippen LogP contribution in [0.1, 0.15) is 69.2 Å². The van der Waals surface area contributed by atoms with E-state index < -0.39 is 58.5 Å². The number of nitrogens with one attached hydrogen (secondary N) is 2. The molecule has 2 fully saturated rings. The highest BCUT2D eigenvalue weighted by Crippen LogP contribution is 2.60. The molecule has 64 heavy (non-hydrogen) atoms. The highest BCUT2D eigenvalue weighted by Gasteiger charge is 2.75. The summed E-state index contributed by atoms with van der Waals surface area (Å²) in [6.07, 6.45) is -1.06. The molecule has 2 saturated heterocycles. The number of aryl methyl sites for hydroxylation is 1. The molecule has 4 atom stereocenters. The Labute approximate surface area is 389 Å². The summed E-state index contributed by atoms with van der Waals surface area (Å²) in [7, 11) is 0. The van der Waals surface area contributed by atoms with Gasteiger partial charge in [-0.1, -0.05) is 24.3 Å². The number of carbonyl (C=O) groups is 5. The molecule has 11 rings (SSSR count). The fraction of sp³-hybridized carbons (Fsp3) is 0.149. The summed E-state index contributed by atoms with van der Waals surface area (Å²) >= 11 is 13.8. The number of Topliss-reactive ketones (excluding diaryl/α,β-unsaturated/α-hetero) is 2. The third-order valence-corrected chi connectivity index (χ3v) is 15.5. The van der Waals surface area contributed by atoms with Crippen LogP contribution in [-0.4, -0.2) is 50.3 Å². The number of phenolic OH excluding ortho intramolecular Hbond substituents is 2. The molecule has 1 unspecified atom stereocenters. The van der Waals surface area contributed by atoms with Crippen LogP contribution >= 0.6 is 55.4 Å². The van der Waals surface area contributed by atoms with Gasteiger partial charge in [-0.2, -0.15) is 0 Å². The van der Waals surface area contributed by atoms with Gasteiger partial charge in [-0.3, -0.25) is 19.2 Å². The normalized spacial score (nSPS) is 22.0. The van der Waals surface area contributed by atoms with E-state index in [4.69, 9.17) is 26.4 Å². The van der Waals surface area contributed by atoms with Crippen LogP contribution in [0.4, 0.5) is 11.4 Å². The standard InChI is InChI=1S/C47H29Br2N3O10S2/c1-20-14-28-39(64-20)41(56)47(40(28)55)37-36(38(61-47)22-4-13-32(48)33(49)15-22)42(57)52(43(37)58)24-6-2-21(3-7-24)19-50-45(63)51-23-5-10-29-27(16-23)44(59)62-46(29)30-11-8-25(53)17-34(30)60-35-18-26(54)9-12-31(35)46/h2-18,36-38,53-54H,19H2,1H3,(H2,50,51,63)/t36-,37-,38-,47?/m0/s1. The van der Waals surface area contributed by atoms with Gasteiger partial charge in [0.05, 0.1) is 34.1 Å². The SMILES string of the molecule is Cc1cc2c(s1)C(=O)C1(O[C@@H](c3ccc(Br)c(Br)c3)[C@H]3C(=O)N(c4ccc(CNC(=S)Nc5ccc6c(c5)C(=O)OC65c6ccc(O)cc6Oc6cc(O)ccc65)cc4)C(=O)[C@H]31)C2=O. The van der Waals surface area contributed by atoms with Gasteiger partial charge in [-0.25, -0.2) is 9.69 Å². The molecule has 13 nitrogen and oxygen atoms in total. The molecular weight excluding hydrogens is 990 g/mol. The number of nitrogens with zero attached hydrogens (tertiary/aromatic N) is 1. The number of thiocarbonyl (C=S) groups is 1. The van der Waals surface area contributed by atoms with Crippen molar-refractivity contribution in [2.45, 2.75) is 30.8 Å². The van der Waals surface area contributed by atoms with Crippen molar-refractivity contribution in [3.8, 4) is 23.0 Å². The number of halogens is 2. The number of aromatic hydroxyl groups is 2. The molecular formula is C47H29Br2N3O10S2. The lowest BCUT2D eigenvalue weighted by Crippen LogP contribution is -2.51. The van der Waals surface area contributed by atoms with Crippen molar-refractivity contribution >= 4 is 101 Å². The minimum absolute atomic E-state index is 0.0462. The van der Waals surface area contributed by atoms with Gasteiger partial charge < -0.3 is 35.1 Å². The maximum absolute atomic E-state index is 14.5. The fourth-order valence-electron chi connectivity index (χ4n) is 9.61. The van der Waals surface area contributed by atoms with E-state index in [1.807, 2.05) is 0 Å². The van der Waals surface area contributed by atoms with Crippen LogP contribution in [0, 0.1) is 18.8 Å². The van der Waals surface area contributed by atoms with Crippen LogP contribution in [0.5, 0.6) is 23.0 Å². The Morgan fingerprint density at radius 3 is 2.14 bits per heavy atom. The van der Waals surface area contributed by atoms with Gasteiger partial charge in [0.15, 0.2) is 10.7 Å². The smallest absolute Gasteiger partial charge is 0.340 e. The van der Waals surface area contributed by atoms with Crippen molar-refractivity contribution in [3.05, 3.63) is 161 Å². The van der Waals surface area contributed by atoms with Gasteiger partial charge in [-0.05, 0) is 129 Å². The van der Waals surface area contributed by atoms with Crippen LogP contribution in [0.25, 0.3) is 0 Å². The molecule has 1 aromatic heterocycles. The summed E-state index contributed by atoms with van der Waals surface area (Å²) in [4.78, 5) is 73.0. The number of thiophene rings is 1. The average molecular weight is 1020 g/mol.